The first-order valence-electron chi connectivity index (χ1n) is 10.4. The number of rotatable bonds is 7. The molecular weight excluding hydrogens is 472 g/mol. The Morgan fingerprint density at radius 1 is 1.09 bits per heavy atom. The summed E-state index contributed by atoms with van der Waals surface area (Å²) < 4.78 is 32.4. The van der Waals surface area contributed by atoms with E-state index in [-0.39, 0.29) is 17.3 Å². The van der Waals surface area contributed by atoms with E-state index in [0.29, 0.717) is 22.0 Å². The zero-order valence-corrected chi connectivity index (χ0v) is 20.9. The third-order valence-electron chi connectivity index (χ3n) is 5.33. The maximum atomic E-state index is 13.6. The summed E-state index contributed by atoms with van der Waals surface area (Å²) in [5.74, 6) is 0.337. The van der Waals surface area contributed by atoms with E-state index >= 15 is 0 Å². The number of pyridine rings is 1. The number of thiazole rings is 1. The lowest BCUT2D eigenvalue weighted by Gasteiger charge is -2.20. The fourth-order valence-electron chi connectivity index (χ4n) is 3.42. The monoisotopic (exact) mass is 496 g/mol. The fraction of sp³-hybridized carbons (Fsp3) is 0.208. The summed E-state index contributed by atoms with van der Waals surface area (Å²) in [5.41, 5.74) is 2.92. The fourth-order valence-corrected chi connectivity index (χ4v) is 5.37. The Hall–Kier alpha value is -3.34. The van der Waals surface area contributed by atoms with Crippen molar-refractivity contribution in [1.82, 2.24) is 14.3 Å². The molecule has 0 aliphatic heterocycles. The maximum Gasteiger partial charge on any atom is 0.260 e. The van der Waals surface area contributed by atoms with Crippen molar-refractivity contribution in [3.05, 3.63) is 77.6 Å². The number of carbonyl (C=O) groups is 1. The van der Waals surface area contributed by atoms with Crippen LogP contribution in [0.4, 0.5) is 5.13 Å². The van der Waals surface area contributed by atoms with Crippen molar-refractivity contribution < 1.29 is 17.9 Å². The van der Waals surface area contributed by atoms with Gasteiger partial charge in [0.05, 0.1) is 23.2 Å². The number of carbonyl (C=O) groups excluding carboxylic acids is 1. The van der Waals surface area contributed by atoms with Crippen LogP contribution in [0.1, 0.15) is 21.5 Å². The van der Waals surface area contributed by atoms with Crippen LogP contribution in [0.2, 0.25) is 0 Å². The van der Waals surface area contributed by atoms with Crippen LogP contribution < -0.4 is 9.64 Å². The number of fused-ring (bicyclic) bond motifs is 1. The molecular formula is C24H24N4O4S2. The van der Waals surface area contributed by atoms with Gasteiger partial charge in [-0.05, 0) is 54.4 Å². The third kappa shape index (κ3) is 4.52. The minimum absolute atomic E-state index is 0.119. The van der Waals surface area contributed by atoms with Crippen molar-refractivity contribution >= 4 is 42.6 Å². The maximum absolute atomic E-state index is 13.6. The second kappa shape index (κ2) is 9.49. The Labute approximate surface area is 202 Å². The normalized spacial score (nSPS) is 11.7. The first kappa shape index (κ1) is 23.8. The molecule has 0 atom stereocenters. The summed E-state index contributed by atoms with van der Waals surface area (Å²) in [5, 5.41) is 0.515. The topological polar surface area (TPSA) is 92.7 Å². The molecule has 4 rings (SSSR count). The molecule has 4 aromatic rings. The smallest absolute Gasteiger partial charge is 0.260 e. The van der Waals surface area contributed by atoms with Gasteiger partial charge >= 0.3 is 0 Å². The van der Waals surface area contributed by atoms with Crippen LogP contribution in [0.15, 0.2) is 65.8 Å². The number of anilines is 1. The Bertz CT molecular complexity index is 1430. The number of nitrogens with zero attached hydrogens (tertiary/aromatic N) is 4. The van der Waals surface area contributed by atoms with E-state index in [0.717, 1.165) is 20.1 Å². The highest BCUT2D eigenvalue weighted by molar-refractivity contribution is 7.89. The van der Waals surface area contributed by atoms with Crippen molar-refractivity contribution in [2.45, 2.75) is 18.4 Å². The number of sulfonamides is 1. The van der Waals surface area contributed by atoms with E-state index < -0.39 is 10.0 Å². The van der Waals surface area contributed by atoms with Gasteiger partial charge in [0, 0.05) is 32.1 Å². The summed E-state index contributed by atoms with van der Waals surface area (Å²) in [6.45, 7) is 2.24. The van der Waals surface area contributed by atoms with Crippen molar-refractivity contribution in [1.29, 1.82) is 0 Å². The largest absolute Gasteiger partial charge is 0.494 e. The molecule has 0 fully saturated rings. The molecule has 2 heterocycles. The summed E-state index contributed by atoms with van der Waals surface area (Å²) in [6.07, 6.45) is 3.37. The van der Waals surface area contributed by atoms with Gasteiger partial charge in [-0.2, -0.15) is 0 Å². The quantitative estimate of drug-likeness (QED) is 0.382. The van der Waals surface area contributed by atoms with Gasteiger partial charge in [-0.3, -0.25) is 14.7 Å². The number of aryl methyl sites for hydroxylation is 1. The summed E-state index contributed by atoms with van der Waals surface area (Å²) in [7, 11) is 0.926. The van der Waals surface area contributed by atoms with Gasteiger partial charge in [-0.1, -0.05) is 23.5 Å². The number of benzene rings is 2. The lowest BCUT2D eigenvalue weighted by molar-refractivity contribution is 0.0985. The predicted molar refractivity (Wildman–Crippen MR) is 133 cm³/mol. The SMILES string of the molecule is COc1ccc(C)c2sc(N(Cc3cccnc3)C(=O)c3ccc(S(=O)(=O)N(C)C)cc3)nc12. The molecule has 0 aliphatic carbocycles. The highest BCUT2D eigenvalue weighted by Crippen LogP contribution is 2.37. The van der Waals surface area contributed by atoms with Crippen molar-refractivity contribution in [3.8, 4) is 5.75 Å². The van der Waals surface area contributed by atoms with Crippen LogP contribution in [-0.2, 0) is 16.6 Å². The van der Waals surface area contributed by atoms with E-state index in [1.54, 1.807) is 24.4 Å². The third-order valence-corrected chi connectivity index (χ3v) is 8.37. The van der Waals surface area contributed by atoms with Gasteiger partial charge in [0.2, 0.25) is 10.0 Å². The number of aromatic nitrogens is 2. The average Bonchev–Trinajstić information content (AvgIpc) is 3.29. The summed E-state index contributed by atoms with van der Waals surface area (Å²) >= 11 is 1.41. The average molecular weight is 497 g/mol. The molecule has 0 spiro atoms. The first-order chi connectivity index (χ1) is 16.2. The molecule has 176 valence electrons. The van der Waals surface area contributed by atoms with Gasteiger partial charge in [0.1, 0.15) is 11.3 Å². The second-order valence-electron chi connectivity index (χ2n) is 7.82. The Morgan fingerprint density at radius 2 is 1.82 bits per heavy atom. The van der Waals surface area contributed by atoms with Gasteiger partial charge in [-0.25, -0.2) is 17.7 Å². The Morgan fingerprint density at radius 3 is 2.44 bits per heavy atom. The molecule has 0 radical (unpaired) electrons. The van der Waals surface area contributed by atoms with Crippen LogP contribution >= 0.6 is 11.3 Å². The molecule has 0 aliphatic rings. The van der Waals surface area contributed by atoms with Crippen molar-refractivity contribution in [3.63, 3.8) is 0 Å². The van der Waals surface area contributed by atoms with Crippen LogP contribution in [-0.4, -0.2) is 49.8 Å². The molecule has 0 saturated carbocycles. The van der Waals surface area contributed by atoms with E-state index in [4.69, 9.17) is 9.72 Å². The van der Waals surface area contributed by atoms with Crippen LogP contribution in [0.3, 0.4) is 0 Å². The zero-order chi connectivity index (χ0) is 24.5. The zero-order valence-electron chi connectivity index (χ0n) is 19.2. The van der Waals surface area contributed by atoms with Gasteiger partial charge < -0.3 is 4.74 Å². The second-order valence-corrected chi connectivity index (χ2v) is 11.0. The van der Waals surface area contributed by atoms with E-state index in [1.165, 1.54) is 49.7 Å². The minimum Gasteiger partial charge on any atom is -0.494 e. The molecule has 0 N–H and O–H groups in total. The van der Waals surface area contributed by atoms with Gasteiger partial charge in [0.15, 0.2) is 5.13 Å². The summed E-state index contributed by atoms with van der Waals surface area (Å²) in [4.78, 5) is 24.2. The molecule has 0 saturated heterocycles. The molecule has 8 nitrogen and oxygen atoms in total. The number of hydrogen-bond acceptors (Lipinski definition) is 7. The Balaban J connectivity index is 1.77. The van der Waals surface area contributed by atoms with Crippen molar-refractivity contribution in [2.24, 2.45) is 0 Å². The molecule has 2 aromatic carbocycles. The van der Waals surface area contributed by atoms with Crippen molar-refractivity contribution in [2.75, 3.05) is 26.1 Å². The Kier molecular flexibility index (Phi) is 6.65. The lowest BCUT2D eigenvalue weighted by Crippen LogP contribution is -2.30. The number of hydrogen-bond donors (Lipinski definition) is 0. The van der Waals surface area contributed by atoms with E-state index in [9.17, 15) is 13.2 Å². The predicted octanol–water partition coefficient (Wildman–Crippen LogP) is 4.11. The van der Waals surface area contributed by atoms with Crippen LogP contribution in [0.25, 0.3) is 10.2 Å². The number of amides is 1. The molecule has 34 heavy (non-hydrogen) atoms. The highest BCUT2D eigenvalue weighted by Gasteiger charge is 2.24. The standard InChI is InChI=1S/C24H24N4O4S2/c1-16-7-12-20(32-4)21-22(16)33-24(26-21)28(15-17-6-5-13-25-14-17)23(29)18-8-10-19(11-9-18)34(30,31)27(2)3/h5-14H,15H2,1-4H3. The number of methoxy groups -OCH3 is 1. The molecule has 0 bridgehead atoms. The van der Waals surface area contributed by atoms with Crippen LogP contribution in [0.5, 0.6) is 5.75 Å². The summed E-state index contributed by atoms with van der Waals surface area (Å²) in [6, 6.07) is 13.4. The highest BCUT2D eigenvalue weighted by atomic mass is 32.2. The molecule has 0 unspecified atom stereocenters. The van der Waals surface area contributed by atoms with E-state index in [2.05, 4.69) is 4.98 Å². The minimum atomic E-state index is -3.59. The lowest BCUT2D eigenvalue weighted by atomic mass is 10.2. The molecule has 2 aromatic heterocycles. The van der Waals surface area contributed by atoms with E-state index in [1.807, 2.05) is 31.2 Å². The molecule has 1 amide bonds. The van der Waals surface area contributed by atoms with Gasteiger partial charge in [-0.15, -0.1) is 0 Å². The number of ether oxygens (including phenoxy) is 1. The van der Waals surface area contributed by atoms with Gasteiger partial charge in [0.25, 0.3) is 5.91 Å². The first-order valence-corrected chi connectivity index (χ1v) is 12.7. The van der Waals surface area contributed by atoms with Crippen LogP contribution in [0, 0.1) is 6.92 Å². The molecule has 10 heteroatoms.